The van der Waals surface area contributed by atoms with Crippen LogP contribution in [-0.4, -0.2) is 63.9 Å². The van der Waals surface area contributed by atoms with Crippen LogP contribution in [-0.2, 0) is 16.6 Å². The van der Waals surface area contributed by atoms with Crippen LogP contribution in [0, 0.1) is 5.92 Å². The van der Waals surface area contributed by atoms with E-state index in [-0.39, 0.29) is 18.4 Å². The Labute approximate surface area is 150 Å². The second-order valence-corrected chi connectivity index (χ2v) is 7.14. The molecule has 2 aromatic heterocycles. The van der Waals surface area contributed by atoms with Crippen LogP contribution >= 0.6 is 0 Å². The van der Waals surface area contributed by atoms with Gasteiger partial charge in [0, 0.05) is 39.6 Å². The van der Waals surface area contributed by atoms with E-state index in [1.54, 1.807) is 6.33 Å². The summed E-state index contributed by atoms with van der Waals surface area (Å²) >= 11 is 0. The number of fused-ring (bicyclic) bond motifs is 1. The maximum absolute atomic E-state index is 15.1. The minimum Gasteiger partial charge on any atom is -0.381 e. The molecule has 1 atom stereocenters. The molecule has 1 unspecified atom stereocenters. The van der Waals surface area contributed by atoms with Crippen LogP contribution in [0.1, 0.15) is 19.3 Å². The third-order valence-corrected chi connectivity index (χ3v) is 5.32. The third kappa shape index (κ3) is 3.23. The van der Waals surface area contributed by atoms with Crippen LogP contribution in [0.15, 0.2) is 12.7 Å². The van der Waals surface area contributed by atoms with Crippen molar-refractivity contribution < 1.29 is 13.9 Å². The summed E-state index contributed by atoms with van der Waals surface area (Å²) in [5, 5.41) is 2.77. The van der Waals surface area contributed by atoms with Gasteiger partial charge in [-0.15, -0.1) is 0 Å². The fraction of sp³-hybridized carbons (Fsp3) is 0.647. The molecule has 8 nitrogen and oxygen atoms in total. The standard InChI is InChI=1S/C17H23FN6O2/c1-23-11-22-13-14(23)20-10-21-15(13)24-5-3-17(18,4-6-24)9-19-16(25)12-2-7-26-8-12/h10-12H,2-9H2,1H3,(H,19,25). The smallest absolute Gasteiger partial charge is 0.225 e. The number of hydrogen-bond acceptors (Lipinski definition) is 6. The summed E-state index contributed by atoms with van der Waals surface area (Å²) in [5.41, 5.74) is 0.107. The van der Waals surface area contributed by atoms with Gasteiger partial charge < -0.3 is 19.5 Å². The van der Waals surface area contributed by atoms with Gasteiger partial charge in [-0.1, -0.05) is 0 Å². The molecule has 140 valence electrons. The van der Waals surface area contributed by atoms with E-state index in [1.165, 1.54) is 6.33 Å². The summed E-state index contributed by atoms with van der Waals surface area (Å²) in [5.74, 6) is 0.495. The maximum atomic E-state index is 15.1. The van der Waals surface area contributed by atoms with Crippen LogP contribution in [0.5, 0.6) is 0 Å². The van der Waals surface area contributed by atoms with Gasteiger partial charge in [-0.2, -0.15) is 0 Å². The largest absolute Gasteiger partial charge is 0.381 e. The van der Waals surface area contributed by atoms with Crippen LogP contribution in [0.2, 0.25) is 0 Å². The highest BCUT2D eigenvalue weighted by molar-refractivity contribution is 5.83. The minimum absolute atomic E-state index is 0.0545. The van der Waals surface area contributed by atoms with E-state index < -0.39 is 5.67 Å². The molecule has 4 heterocycles. The first-order chi connectivity index (χ1) is 12.6. The molecule has 2 aliphatic rings. The van der Waals surface area contributed by atoms with E-state index in [0.717, 1.165) is 17.0 Å². The molecular weight excluding hydrogens is 339 g/mol. The number of carbonyl (C=O) groups is 1. The maximum Gasteiger partial charge on any atom is 0.225 e. The molecule has 2 saturated heterocycles. The van der Waals surface area contributed by atoms with E-state index in [2.05, 4.69) is 20.3 Å². The van der Waals surface area contributed by atoms with Crippen LogP contribution in [0.25, 0.3) is 11.2 Å². The number of hydrogen-bond donors (Lipinski definition) is 1. The van der Waals surface area contributed by atoms with E-state index in [0.29, 0.717) is 45.6 Å². The van der Waals surface area contributed by atoms with Crippen molar-refractivity contribution in [1.82, 2.24) is 24.8 Å². The number of ether oxygens (including phenoxy) is 1. The zero-order valence-corrected chi connectivity index (χ0v) is 14.8. The number of nitrogens with zero attached hydrogens (tertiary/aromatic N) is 5. The van der Waals surface area contributed by atoms with Gasteiger partial charge in [-0.3, -0.25) is 4.79 Å². The molecule has 2 fully saturated rings. The molecule has 0 aliphatic carbocycles. The molecule has 9 heteroatoms. The Morgan fingerprint density at radius 3 is 2.92 bits per heavy atom. The van der Waals surface area contributed by atoms with Gasteiger partial charge in [0.05, 0.1) is 25.4 Å². The molecule has 0 aromatic carbocycles. The van der Waals surface area contributed by atoms with Crippen LogP contribution in [0.4, 0.5) is 10.2 Å². The van der Waals surface area contributed by atoms with E-state index in [4.69, 9.17) is 4.74 Å². The number of anilines is 1. The number of carbonyl (C=O) groups excluding carboxylic acids is 1. The summed E-state index contributed by atoms with van der Waals surface area (Å²) in [6.45, 7) is 2.16. The summed E-state index contributed by atoms with van der Waals surface area (Å²) in [7, 11) is 1.88. The average Bonchev–Trinajstić information content (AvgIpc) is 3.31. The summed E-state index contributed by atoms with van der Waals surface area (Å²) in [6.07, 6.45) is 4.61. The SMILES string of the molecule is Cn1cnc2c(N3CCC(F)(CNC(=O)C4CCOC4)CC3)ncnc21. The highest BCUT2D eigenvalue weighted by atomic mass is 19.1. The summed E-state index contributed by atoms with van der Waals surface area (Å²) < 4.78 is 22.2. The van der Waals surface area contributed by atoms with Gasteiger partial charge in [-0.05, 0) is 6.42 Å². The number of alkyl halides is 1. The zero-order chi connectivity index (χ0) is 18.1. The second-order valence-electron chi connectivity index (χ2n) is 7.14. The van der Waals surface area contributed by atoms with Crippen LogP contribution in [0.3, 0.4) is 0 Å². The average molecular weight is 362 g/mol. The van der Waals surface area contributed by atoms with Crippen molar-refractivity contribution in [3.8, 4) is 0 Å². The molecule has 0 radical (unpaired) electrons. The van der Waals surface area contributed by atoms with Gasteiger partial charge in [-0.25, -0.2) is 19.3 Å². The Bertz CT molecular complexity index is 796. The molecule has 1 N–H and O–H groups in total. The van der Waals surface area contributed by atoms with Crippen molar-refractivity contribution in [2.45, 2.75) is 24.9 Å². The predicted octanol–water partition coefficient (Wildman–Crippen LogP) is 0.824. The number of aromatic nitrogens is 4. The Morgan fingerprint density at radius 2 is 2.19 bits per heavy atom. The first-order valence-corrected chi connectivity index (χ1v) is 8.97. The molecule has 4 rings (SSSR count). The lowest BCUT2D eigenvalue weighted by Gasteiger charge is -2.37. The van der Waals surface area contributed by atoms with Crippen molar-refractivity contribution in [1.29, 1.82) is 0 Å². The zero-order valence-electron chi connectivity index (χ0n) is 14.8. The number of amides is 1. The Morgan fingerprint density at radius 1 is 1.38 bits per heavy atom. The molecule has 0 saturated carbocycles. The fourth-order valence-corrected chi connectivity index (χ4v) is 3.59. The monoisotopic (exact) mass is 362 g/mol. The van der Waals surface area contributed by atoms with Crippen molar-refractivity contribution in [2.24, 2.45) is 13.0 Å². The van der Waals surface area contributed by atoms with E-state index in [1.807, 2.05) is 16.5 Å². The molecule has 1 amide bonds. The number of nitrogens with one attached hydrogen (secondary N) is 1. The van der Waals surface area contributed by atoms with Gasteiger partial charge in [0.25, 0.3) is 0 Å². The Kier molecular flexibility index (Phi) is 4.47. The van der Waals surface area contributed by atoms with Gasteiger partial charge in [0.1, 0.15) is 12.0 Å². The highest BCUT2D eigenvalue weighted by Crippen LogP contribution is 2.30. The van der Waals surface area contributed by atoms with Crippen molar-refractivity contribution in [3.63, 3.8) is 0 Å². The lowest BCUT2D eigenvalue weighted by atomic mass is 9.93. The van der Waals surface area contributed by atoms with Gasteiger partial charge in [0.15, 0.2) is 17.0 Å². The first-order valence-electron chi connectivity index (χ1n) is 8.97. The van der Waals surface area contributed by atoms with Gasteiger partial charge in [0.2, 0.25) is 5.91 Å². The number of imidazole rings is 1. The van der Waals surface area contributed by atoms with Crippen molar-refractivity contribution >= 4 is 22.9 Å². The fourth-order valence-electron chi connectivity index (χ4n) is 3.59. The summed E-state index contributed by atoms with van der Waals surface area (Å²) in [6, 6.07) is 0. The Hall–Kier alpha value is -2.29. The lowest BCUT2D eigenvalue weighted by molar-refractivity contribution is -0.125. The molecular formula is C17H23FN6O2. The van der Waals surface area contributed by atoms with Gasteiger partial charge >= 0.3 is 0 Å². The number of piperidine rings is 1. The summed E-state index contributed by atoms with van der Waals surface area (Å²) in [4.78, 5) is 27.1. The predicted molar refractivity (Wildman–Crippen MR) is 93.5 cm³/mol. The first kappa shape index (κ1) is 17.1. The highest BCUT2D eigenvalue weighted by Gasteiger charge is 2.36. The van der Waals surface area contributed by atoms with Crippen molar-refractivity contribution in [3.05, 3.63) is 12.7 Å². The molecule has 2 aromatic rings. The lowest BCUT2D eigenvalue weighted by Crippen LogP contribution is -2.49. The second kappa shape index (κ2) is 6.79. The number of rotatable bonds is 4. The third-order valence-electron chi connectivity index (χ3n) is 5.32. The van der Waals surface area contributed by atoms with Crippen LogP contribution < -0.4 is 10.2 Å². The molecule has 0 bridgehead atoms. The van der Waals surface area contributed by atoms with E-state index >= 15 is 4.39 Å². The number of halogens is 1. The Balaban J connectivity index is 1.37. The molecule has 0 spiro atoms. The minimum atomic E-state index is -1.39. The van der Waals surface area contributed by atoms with E-state index in [9.17, 15) is 4.79 Å². The number of aryl methyl sites for hydroxylation is 1. The quantitative estimate of drug-likeness (QED) is 0.867. The topological polar surface area (TPSA) is 85.2 Å². The molecule has 26 heavy (non-hydrogen) atoms. The molecule has 2 aliphatic heterocycles. The van der Waals surface area contributed by atoms with Crippen molar-refractivity contribution in [2.75, 3.05) is 37.7 Å². The normalized spacial score (nSPS) is 22.7.